The van der Waals surface area contributed by atoms with Gasteiger partial charge in [-0.2, -0.15) is 11.3 Å². The summed E-state index contributed by atoms with van der Waals surface area (Å²) in [6, 6.07) is 14.4. The standard InChI is InChI=1S/C32H41NO6S/c1-33(2)22-24-19-27(26-15-18-40-23-26)21-28(20-24)38-16-6-4-3-5-9-25-10-7-11-30(29(25)13-14-32(36)37)39-17-8-12-31(34)35/h7,10-11,15,18-21,23H,3-6,8-9,12-14,16-17,22H2,1-2H3,(H,34,35)(H,36,37). The first-order valence-corrected chi connectivity index (χ1v) is 14.9. The minimum atomic E-state index is -0.852. The molecule has 8 heteroatoms. The number of carbonyl (C=O) groups is 2. The maximum Gasteiger partial charge on any atom is 0.303 e. The molecular formula is C32H41NO6S. The fraction of sp³-hybridized carbons (Fsp3) is 0.438. The van der Waals surface area contributed by atoms with Gasteiger partial charge in [-0.1, -0.05) is 25.0 Å². The Morgan fingerprint density at radius 2 is 1.60 bits per heavy atom. The van der Waals surface area contributed by atoms with Crippen molar-refractivity contribution in [3.8, 4) is 22.6 Å². The number of aliphatic carboxylic acids is 2. The third kappa shape index (κ3) is 11.0. The average Bonchev–Trinajstić information content (AvgIpc) is 3.44. The van der Waals surface area contributed by atoms with E-state index in [2.05, 4.69) is 54.0 Å². The van der Waals surface area contributed by atoms with E-state index in [4.69, 9.17) is 14.6 Å². The fourth-order valence-corrected chi connectivity index (χ4v) is 5.32. The molecule has 7 nitrogen and oxygen atoms in total. The molecule has 0 bridgehead atoms. The van der Waals surface area contributed by atoms with Crippen LogP contribution in [-0.4, -0.2) is 54.4 Å². The monoisotopic (exact) mass is 567 g/mol. The second-order valence-electron chi connectivity index (χ2n) is 10.3. The molecule has 216 valence electrons. The lowest BCUT2D eigenvalue weighted by Crippen LogP contribution is -2.11. The van der Waals surface area contributed by atoms with Gasteiger partial charge in [0.25, 0.3) is 0 Å². The SMILES string of the molecule is CN(C)Cc1cc(OCCCCCCc2cccc(OCCCC(=O)O)c2CCC(=O)O)cc(-c2ccsc2)c1. The van der Waals surface area contributed by atoms with Crippen LogP contribution in [0, 0.1) is 0 Å². The summed E-state index contributed by atoms with van der Waals surface area (Å²) in [6.07, 6.45) is 5.78. The first kappa shape index (κ1) is 31.2. The Morgan fingerprint density at radius 3 is 2.33 bits per heavy atom. The molecule has 0 atom stereocenters. The molecule has 3 aromatic rings. The molecule has 0 saturated carbocycles. The van der Waals surface area contributed by atoms with E-state index in [0.29, 0.717) is 31.8 Å². The fourth-order valence-electron chi connectivity index (χ4n) is 4.66. The predicted octanol–water partition coefficient (Wildman–Crippen LogP) is 6.92. The smallest absolute Gasteiger partial charge is 0.303 e. The highest BCUT2D eigenvalue weighted by atomic mass is 32.1. The molecule has 2 N–H and O–H groups in total. The number of rotatable bonds is 19. The Morgan fingerprint density at radius 1 is 0.825 bits per heavy atom. The first-order valence-electron chi connectivity index (χ1n) is 13.9. The van der Waals surface area contributed by atoms with Gasteiger partial charge in [-0.3, -0.25) is 9.59 Å². The van der Waals surface area contributed by atoms with Crippen LogP contribution in [-0.2, 0) is 29.0 Å². The van der Waals surface area contributed by atoms with E-state index in [1.807, 2.05) is 18.2 Å². The van der Waals surface area contributed by atoms with Crippen molar-refractivity contribution in [3.63, 3.8) is 0 Å². The number of benzene rings is 2. The molecule has 0 spiro atoms. The van der Waals surface area contributed by atoms with Gasteiger partial charge in [0.2, 0.25) is 0 Å². The highest BCUT2D eigenvalue weighted by Crippen LogP contribution is 2.29. The largest absolute Gasteiger partial charge is 0.494 e. The van der Waals surface area contributed by atoms with Crippen LogP contribution in [0.1, 0.15) is 61.6 Å². The van der Waals surface area contributed by atoms with Crippen LogP contribution in [0.25, 0.3) is 11.1 Å². The highest BCUT2D eigenvalue weighted by molar-refractivity contribution is 7.08. The molecule has 0 aliphatic heterocycles. The predicted molar refractivity (Wildman–Crippen MR) is 160 cm³/mol. The summed E-state index contributed by atoms with van der Waals surface area (Å²) < 4.78 is 12.0. The lowest BCUT2D eigenvalue weighted by Gasteiger charge is -2.15. The van der Waals surface area contributed by atoms with E-state index in [9.17, 15) is 14.7 Å². The van der Waals surface area contributed by atoms with Gasteiger partial charge in [0.1, 0.15) is 11.5 Å². The summed E-state index contributed by atoms with van der Waals surface area (Å²) >= 11 is 1.69. The van der Waals surface area contributed by atoms with E-state index >= 15 is 0 Å². The quantitative estimate of drug-likeness (QED) is 0.152. The number of hydrogen-bond donors (Lipinski definition) is 2. The topological polar surface area (TPSA) is 96.3 Å². The molecule has 1 heterocycles. The number of carboxylic acids is 2. The molecule has 1 aromatic heterocycles. The van der Waals surface area contributed by atoms with Crippen LogP contribution in [0.4, 0.5) is 0 Å². The summed E-state index contributed by atoms with van der Waals surface area (Å²) in [6.45, 7) is 1.82. The minimum Gasteiger partial charge on any atom is -0.494 e. The number of hydrogen-bond acceptors (Lipinski definition) is 6. The first-order chi connectivity index (χ1) is 19.3. The van der Waals surface area contributed by atoms with Crippen LogP contribution in [0.5, 0.6) is 11.5 Å². The molecule has 40 heavy (non-hydrogen) atoms. The van der Waals surface area contributed by atoms with Crippen LogP contribution < -0.4 is 9.47 Å². The van der Waals surface area contributed by atoms with Gasteiger partial charge in [-0.05, 0) is 115 Å². The number of nitrogens with zero attached hydrogens (tertiary/aromatic N) is 1. The van der Waals surface area contributed by atoms with Crippen LogP contribution in [0.3, 0.4) is 0 Å². The van der Waals surface area contributed by atoms with Crippen molar-refractivity contribution in [2.24, 2.45) is 0 Å². The molecule has 0 unspecified atom stereocenters. The Hall–Kier alpha value is -3.36. The highest BCUT2D eigenvalue weighted by Gasteiger charge is 2.12. The molecule has 2 aromatic carbocycles. The van der Waals surface area contributed by atoms with E-state index in [-0.39, 0.29) is 12.8 Å². The van der Waals surface area contributed by atoms with Crippen molar-refractivity contribution in [1.82, 2.24) is 4.90 Å². The van der Waals surface area contributed by atoms with Crippen molar-refractivity contribution < 1.29 is 29.3 Å². The molecule has 0 saturated heterocycles. The third-order valence-corrected chi connectivity index (χ3v) is 7.22. The summed E-state index contributed by atoms with van der Waals surface area (Å²) in [5, 5.41) is 22.3. The van der Waals surface area contributed by atoms with Crippen molar-refractivity contribution in [2.75, 3.05) is 27.3 Å². The number of carboxylic acid groups (broad SMARTS) is 2. The van der Waals surface area contributed by atoms with Gasteiger partial charge in [0, 0.05) is 19.4 Å². The number of unbranched alkanes of at least 4 members (excludes halogenated alkanes) is 3. The number of aryl methyl sites for hydroxylation is 1. The van der Waals surface area contributed by atoms with Crippen molar-refractivity contribution in [2.45, 2.75) is 64.3 Å². The maximum absolute atomic E-state index is 11.2. The van der Waals surface area contributed by atoms with Crippen molar-refractivity contribution in [1.29, 1.82) is 0 Å². The van der Waals surface area contributed by atoms with Gasteiger partial charge >= 0.3 is 11.9 Å². The van der Waals surface area contributed by atoms with E-state index < -0.39 is 11.9 Å². The Kier molecular flexibility index (Phi) is 13.0. The second-order valence-corrected chi connectivity index (χ2v) is 11.0. The van der Waals surface area contributed by atoms with Gasteiger partial charge < -0.3 is 24.6 Å². The average molecular weight is 568 g/mol. The van der Waals surface area contributed by atoms with Crippen LogP contribution in [0.15, 0.2) is 53.2 Å². The van der Waals surface area contributed by atoms with E-state index in [1.54, 1.807) is 11.3 Å². The molecular weight excluding hydrogens is 526 g/mol. The minimum absolute atomic E-state index is 0.0315. The zero-order valence-electron chi connectivity index (χ0n) is 23.6. The zero-order valence-corrected chi connectivity index (χ0v) is 24.4. The molecule has 0 aliphatic rings. The second kappa shape index (κ2) is 16.7. The Bertz CT molecular complexity index is 1210. The summed E-state index contributed by atoms with van der Waals surface area (Å²) in [5.41, 5.74) is 5.65. The van der Waals surface area contributed by atoms with Crippen molar-refractivity contribution in [3.05, 3.63) is 69.9 Å². The normalized spacial score (nSPS) is 11.1. The molecule has 0 aliphatic carbocycles. The van der Waals surface area contributed by atoms with E-state index in [0.717, 1.165) is 55.5 Å². The number of thiophene rings is 1. The lowest BCUT2D eigenvalue weighted by atomic mass is 9.97. The summed E-state index contributed by atoms with van der Waals surface area (Å²) in [7, 11) is 4.14. The van der Waals surface area contributed by atoms with Crippen molar-refractivity contribution >= 4 is 23.3 Å². The van der Waals surface area contributed by atoms with Gasteiger partial charge in [-0.25, -0.2) is 0 Å². The summed E-state index contributed by atoms with van der Waals surface area (Å²) in [4.78, 5) is 24.1. The number of ether oxygens (including phenoxy) is 2. The van der Waals surface area contributed by atoms with Crippen LogP contribution in [0.2, 0.25) is 0 Å². The Labute approximate surface area is 241 Å². The maximum atomic E-state index is 11.2. The lowest BCUT2D eigenvalue weighted by molar-refractivity contribution is -0.138. The molecule has 0 fully saturated rings. The van der Waals surface area contributed by atoms with Gasteiger partial charge in [0.05, 0.1) is 13.2 Å². The third-order valence-electron chi connectivity index (χ3n) is 6.54. The van der Waals surface area contributed by atoms with E-state index in [1.165, 1.54) is 16.7 Å². The molecule has 0 radical (unpaired) electrons. The van der Waals surface area contributed by atoms with Gasteiger partial charge in [-0.15, -0.1) is 0 Å². The Balaban J connectivity index is 1.48. The van der Waals surface area contributed by atoms with Gasteiger partial charge in [0.15, 0.2) is 0 Å². The molecule has 3 rings (SSSR count). The zero-order chi connectivity index (χ0) is 28.7. The summed E-state index contributed by atoms with van der Waals surface area (Å²) in [5.74, 6) is -0.129. The van der Waals surface area contributed by atoms with Crippen LogP contribution >= 0.6 is 11.3 Å². The molecule has 0 amide bonds.